The van der Waals surface area contributed by atoms with E-state index >= 15 is 0 Å². The molecule has 0 spiro atoms. The summed E-state index contributed by atoms with van der Waals surface area (Å²) in [6, 6.07) is 1.84. The van der Waals surface area contributed by atoms with Crippen molar-refractivity contribution in [1.29, 1.82) is 0 Å². The molecule has 5 heterocycles. The smallest absolute Gasteiger partial charge is 0.152 e. The average molecular weight is 366 g/mol. The molecule has 5 rings (SSSR count). The highest BCUT2D eigenvalue weighted by Crippen LogP contribution is 2.22. The molecule has 0 aliphatic carbocycles. The molecule has 4 aliphatic heterocycles. The zero-order chi connectivity index (χ0) is 19.1. The number of rotatable bonds is 1. The first-order chi connectivity index (χ1) is 13.7. The van der Waals surface area contributed by atoms with E-state index in [-0.39, 0.29) is 0 Å². The maximum absolute atomic E-state index is 11.4. The lowest BCUT2D eigenvalue weighted by Gasteiger charge is -1.95. The summed E-state index contributed by atoms with van der Waals surface area (Å²) in [6.07, 6.45) is 18.5. The molecule has 0 saturated carbocycles. The zero-order valence-electron chi connectivity index (χ0n) is 14.6. The number of hydrogen-bond donors (Lipinski definition) is 2. The average Bonchev–Trinajstić information content (AvgIpc) is 3.45. The van der Waals surface area contributed by atoms with Crippen molar-refractivity contribution in [3.8, 4) is 0 Å². The minimum atomic E-state index is 0.513. The predicted molar refractivity (Wildman–Crippen MR) is 110 cm³/mol. The van der Waals surface area contributed by atoms with Crippen molar-refractivity contribution < 1.29 is 9.90 Å². The van der Waals surface area contributed by atoms with E-state index in [9.17, 15) is 9.90 Å². The number of carbonyl (C=O) groups is 1. The van der Waals surface area contributed by atoms with Crippen molar-refractivity contribution in [2.75, 3.05) is 0 Å². The summed E-state index contributed by atoms with van der Waals surface area (Å²) in [5.74, 6) is 0. The molecule has 6 nitrogen and oxygen atoms in total. The van der Waals surface area contributed by atoms with E-state index in [4.69, 9.17) is 0 Å². The Bertz CT molecular complexity index is 1320. The van der Waals surface area contributed by atoms with Crippen molar-refractivity contribution in [2.45, 2.75) is 0 Å². The summed E-state index contributed by atoms with van der Waals surface area (Å²) in [6.45, 7) is 0. The molecule has 0 saturated heterocycles. The van der Waals surface area contributed by atoms with E-state index in [1.165, 1.54) is 0 Å². The summed E-state index contributed by atoms with van der Waals surface area (Å²) in [4.78, 5) is 28.3. The molecule has 0 radical (unpaired) electrons. The minimum absolute atomic E-state index is 0.513. The lowest BCUT2D eigenvalue weighted by molar-refractivity contribution is -0.104. The van der Waals surface area contributed by atoms with Gasteiger partial charge in [0.05, 0.1) is 45.8 Å². The van der Waals surface area contributed by atoms with Gasteiger partial charge in [-0.15, -0.1) is 0 Å². The number of nitrogens with zero attached hydrogens (tertiary/aromatic N) is 3. The van der Waals surface area contributed by atoms with E-state index < -0.39 is 0 Å². The normalized spacial score (nSPS) is 20.0. The van der Waals surface area contributed by atoms with E-state index in [1.54, 1.807) is 12.2 Å². The van der Waals surface area contributed by atoms with Gasteiger partial charge in [-0.2, -0.15) is 0 Å². The van der Waals surface area contributed by atoms with E-state index in [2.05, 4.69) is 20.0 Å². The SMILES string of the molecule is O=CC1=CC2=NC1=CC1=NC(=Cc3cc(=CO)c([nH]3)=CC3=NC(=C2)C=C3)C=C1. The largest absolute Gasteiger partial charge is 0.515 e. The van der Waals surface area contributed by atoms with Gasteiger partial charge in [0.2, 0.25) is 0 Å². The van der Waals surface area contributed by atoms with Crippen LogP contribution in [0.2, 0.25) is 0 Å². The number of aliphatic hydroxyl groups is 1. The number of H-pyrrole nitrogens is 1. The quantitative estimate of drug-likeness (QED) is 0.743. The van der Waals surface area contributed by atoms with Crippen molar-refractivity contribution >= 4 is 41.8 Å². The fourth-order valence-electron chi connectivity index (χ4n) is 3.28. The maximum Gasteiger partial charge on any atom is 0.152 e. The first-order valence-electron chi connectivity index (χ1n) is 8.70. The zero-order valence-corrected chi connectivity index (χ0v) is 14.6. The first-order valence-corrected chi connectivity index (χ1v) is 8.70. The highest BCUT2D eigenvalue weighted by molar-refractivity contribution is 6.20. The fraction of sp³-hybridized carbons (Fsp3) is 0. The molecule has 0 amide bonds. The Labute approximate surface area is 159 Å². The Morgan fingerprint density at radius 3 is 2.32 bits per heavy atom. The van der Waals surface area contributed by atoms with Gasteiger partial charge in [0.1, 0.15) is 0 Å². The van der Waals surface area contributed by atoms with Gasteiger partial charge in [0.15, 0.2) is 6.29 Å². The number of aromatic nitrogens is 1. The molecule has 2 N–H and O–H groups in total. The number of fused-ring (bicyclic) bond motifs is 5. The van der Waals surface area contributed by atoms with Gasteiger partial charge < -0.3 is 10.1 Å². The van der Waals surface area contributed by atoms with Crippen LogP contribution >= 0.6 is 0 Å². The number of aliphatic hydroxyl groups excluding tert-OH is 1. The Morgan fingerprint density at radius 1 is 0.821 bits per heavy atom. The number of aliphatic imine (C=N–C) groups is 3. The van der Waals surface area contributed by atoms with Crippen LogP contribution in [-0.4, -0.2) is 33.5 Å². The third kappa shape index (κ3) is 2.87. The van der Waals surface area contributed by atoms with E-state index in [1.807, 2.05) is 48.6 Å². The first kappa shape index (κ1) is 16.1. The van der Waals surface area contributed by atoms with Gasteiger partial charge in [-0.1, -0.05) is 0 Å². The molecule has 1 aromatic heterocycles. The van der Waals surface area contributed by atoms with Crippen LogP contribution in [0.1, 0.15) is 5.69 Å². The Morgan fingerprint density at radius 2 is 1.57 bits per heavy atom. The second-order valence-corrected chi connectivity index (χ2v) is 6.53. The summed E-state index contributed by atoms with van der Waals surface area (Å²) in [5, 5.41) is 11.0. The van der Waals surface area contributed by atoms with E-state index in [0.717, 1.165) is 40.7 Å². The number of allylic oxidation sites excluding steroid dienone is 8. The second kappa shape index (κ2) is 6.28. The van der Waals surface area contributed by atoms with Gasteiger partial charge in [-0.05, 0) is 60.8 Å². The maximum atomic E-state index is 11.4. The minimum Gasteiger partial charge on any atom is -0.515 e. The highest BCUT2D eigenvalue weighted by atomic mass is 16.2. The van der Waals surface area contributed by atoms with Crippen LogP contribution in [0.25, 0.3) is 18.4 Å². The molecule has 134 valence electrons. The third-order valence-electron chi connectivity index (χ3n) is 4.56. The van der Waals surface area contributed by atoms with Gasteiger partial charge in [0.25, 0.3) is 0 Å². The predicted octanol–water partition coefficient (Wildman–Crippen LogP) is 1.82. The number of nitrogens with one attached hydrogen (secondary N) is 1. The summed E-state index contributed by atoms with van der Waals surface area (Å²) >= 11 is 0. The van der Waals surface area contributed by atoms with Crippen molar-refractivity contribution in [3.63, 3.8) is 0 Å². The Hall–Kier alpha value is -4.06. The van der Waals surface area contributed by atoms with Crippen molar-refractivity contribution in [3.05, 3.63) is 87.5 Å². The van der Waals surface area contributed by atoms with Crippen LogP contribution in [0.15, 0.2) is 86.2 Å². The number of hydrogen-bond acceptors (Lipinski definition) is 5. The molecule has 0 unspecified atom stereocenters. The van der Waals surface area contributed by atoms with Crippen LogP contribution in [0.5, 0.6) is 0 Å². The lowest BCUT2D eigenvalue weighted by atomic mass is 10.1. The van der Waals surface area contributed by atoms with Gasteiger partial charge in [0, 0.05) is 16.5 Å². The Balaban J connectivity index is 1.74. The molecule has 4 aliphatic rings. The van der Waals surface area contributed by atoms with Crippen LogP contribution in [-0.2, 0) is 4.79 Å². The number of aldehydes is 1. The molecule has 8 bridgehead atoms. The van der Waals surface area contributed by atoms with Crippen LogP contribution in [0.4, 0.5) is 0 Å². The van der Waals surface area contributed by atoms with Gasteiger partial charge in [-0.3, -0.25) is 4.79 Å². The number of carbonyl (C=O) groups excluding carboxylic acids is 1. The fourth-order valence-corrected chi connectivity index (χ4v) is 3.28. The van der Waals surface area contributed by atoms with Gasteiger partial charge in [-0.25, -0.2) is 15.0 Å². The standard InChI is InChI=1S/C22H14N4O2/c27-11-13-5-19-7-15-1-3-17(23-15)9-21-14(12-28)6-20(26-21)8-16-2-4-18(24-16)10-22(13)25-19/h1-12,25,27H. The molecule has 0 aromatic carbocycles. The lowest BCUT2D eigenvalue weighted by Crippen LogP contribution is -2.23. The second-order valence-electron chi connectivity index (χ2n) is 6.53. The number of aromatic amines is 1. The Kier molecular flexibility index (Phi) is 3.62. The highest BCUT2D eigenvalue weighted by Gasteiger charge is 2.15. The molecule has 28 heavy (non-hydrogen) atoms. The van der Waals surface area contributed by atoms with E-state index in [0.29, 0.717) is 27.9 Å². The molecule has 0 fully saturated rings. The summed E-state index contributed by atoms with van der Waals surface area (Å²) < 4.78 is 0. The van der Waals surface area contributed by atoms with Crippen LogP contribution in [0, 0.1) is 0 Å². The molecular weight excluding hydrogens is 352 g/mol. The van der Waals surface area contributed by atoms with Gasteiger partial charge >= 0.3 is 0 Å². The van der Waals surface area contributed by atoms with Crippen LogP contribution in [0.3, 0.4) is 0 Å². The third-order valence-corrected chi connectivity index (χ3v) is 4.56. The molecule has 0 atom stereocenters. The molecule has 6 heteroatoms. The summed E-state index contributed by atoms with van der Waals surface area (Å²) in [7, 11) is 0. The molecular formula is C22H14N4O2. The monoisotopic (exact) mass is 366 g/mol. The topological polar surface area (TPSA) is 90.2 Å². The summed E-state index contributed by atoms with van der Waals surface area (Å²) in [5.41, 5.74) is 5.52. The van der Waals surface area contributed by atoms with Crippen molar-refractivity contribution in [2.24, 2.45) is 15.0 Å². The van der Waals surface area contributed by atoms with Crippen molar-refractivity contribution in [1.82, 2.24) is 4.98 Å². The van der Waals surface area contributed by atoms with Crippen LogP contribution < -0.4 is 10.6 Å². The molecule has 1 aromatic rings.